The smallest absolute Gasteiger partial charge is 0.303 e. The molecular weight excluding hydrogens is 243 g/mol. The maximum atomic E-state index is 13.5. The van der Waals surface area contributed by atoms with E-state index in [2.05, 4.69) is 6.92 Å². The number of rotatable bonds is 14. The molecule has 0 aliphatic rings. The van der Waals surface area contributed by atoms with Crippen LogP contribution in [0.3, 0.4) is 0 Å². The van der Waals surface area contributed by atoms with Gasteiger partial charge >= 0.3 is 5.97 Å². The molecule has 114 valence electrons. The highest BCUT2D eigenvalue weighted by molar-refractivity contribution is 5.66. The van der Waals surface area contributed by atoms with Crippen molar-refractivity contribution in [3.63, 3.8) is 0 Å². The third-order valence-corrected chi connectivity index (χ3v) is 3.53. The van der Waals surface area contributed by atoms with E-state index >= 15 is 0 Å². The molecule has 1 atom stereocenters. The van der Waals surface area contributed by atoms with Crippen LogP contribution < -0.4 is 0 Å². The fraction of sp³-hybridized carbons (Fsp3) is 0.938. The number of halogens is 1. The molecule has 0 spiro atoms. The quantitative estimate of drug-likeness (QED) is 0.425. The fourth-order valence-corrected chi connectivity index (χ4v) is 2.29. The molecule has 0 saturated heterocycles. The minimum atomic E-state index is -0.750. The second-order valence-corrected chi connectivity index (χ2v) is 5.50. The first-order valence-corrected chi connectivity index (χ1v) is 8.02. The summed E-state index contributed by atoms with van der Waals surface area (Å²) in [6.07, 6.45) is 11.8. The lowest BCUT2D eigenvalue weighted by atomic mass is 10.0. The Morgan fingerprint density at radius 3 is 1.89 bits per heavy atom. The van der Waals surface area contributed by atoms with Crippen molar-refractivity contribution in [3.05, 3.63) is 0 Å². The minimum Gasteiger partial charge on any atom is -0.481 e. The van der Waals surface area contributed by atoms with E-state index in [1.54, 1.807) is 0 Å². The average molecular weight is 274 g/mol. The third-order valence-electron chi connectivity index (χ3n) is 3.53. The van der Waals surface area contributed by atoms with Gasteiger partial charge in [-0.05, 0) is 19.3 Å². The monoisotopic (exact) mass is 274 g/mol. The Morgan fingerprint density at radius 1 is 0.895 bits per heavy atom. The molecule has 0 amide bonds. The van der Waals surface area contributed by atoms with Crippen LogP contribution in [0.25, 0.3) is 0 Å². The summed E-state index contributed by atoms with van der Waals surface area (Å²) in [7, 11) is 0. The molecule has 1 N–H and O–H groups in total. The van der Waals surface area contributed by atoms with Gasteiger partial charge in [0.15, 0.2) is 0 Å². The van der Waals surface area contributed by atoms with Gasteiger partial charge in [-0.25, -0.2) is 4.39 Å². The van der Waals surface area contributed by atoms with Crippen molar-refractivity contribution in [1.82, 2.24) is 0 Å². The number of unbranched alkanes of at least 4 members (excludes halogenated alkanes) is 8. The van der Waals surface area contributed by atoms with Crippen molar-refractivity contribution in [1.29, 1.82) is 0 Å². The molecule has 0 aliphatic heterocycles. The number of carboxylic acids is 1. The molecule has 0 aliphatic carbocycles. The zero-order valence-corrected chi connectivity index (χ0v) is 12.5. The minimum absolute atomic E-state index is 0.217. The molecule has 0 heterocycles. The van der Waals surface area contributed by atoms with E-state index in [0.717, 1.165) is 25.7 Å². The van der Waals surface area contributed by atoms with Crippen LogP contribution in [0, 0.1) is 0 Å². The molecule has 0 bridgehead atoms. The molecule has 2 nitrogen and oxygen atoms in total. The maximum Gasteiger partial charge on any atom is 0.303 e. The van der Waals surface area contributed by atoms with Gasteiger partial charge in [0.25, 0.3) is 0 Å². The second-order valence-electron chi connectivity index (χ2n) is 5.50. The summed E-state index contributed by atoms with van der Waals surface area (Å²) in [6.45, 7) is 2.21. The Kier molecular flexibility index (Phi) is 13.4. The lowest BCUT2D eigenvalue weighted by Gasteiger charge is -2.07. The van der Waals surface area contributed by atoms with Crippen molar-refractivity contribution < 1.29 is 14.3 Å². The highest BCUT2D eigenvalue weighted by Crippen LogP contribution is 2.15. The first kappa shape index (κ1) is 18.4. The summed E-state index contributed by atoms with van der Waals surface area (Å²) in [5.41, 5.74) is 0. The van der Waals surface area contributed by atoms with Gasteiger partial charge in [0, 0.05) is 6.42 Å². The van der Waals surface area contributed by atoms with E-state index in [4.69, 9.17) is 5.11 Å². The molecule has 0 aromatic rings. The second kappa shape index (κ2) is 13.8. The molecule has 0 aromatic carbocycles. The Labute approximate surface area is 117 Å². The SMILES string of the molecule is CCCCCCCCC[C@@H](F)CCCCCC(=O)O. The van der Waals surface area contributed by atoms with E-state index < -0.39 is 12.1 Å². The highest BCUT2D eigenvalue weighted by atomic mass is 19.1. The van der Waals surface area contributed by atoms with Crippen LogP contribution in [0.4, 0.5) is 4.39 Å². The van der Waals surface area contributed by atoms with Gasteiger partial charge in [0.1, 0.15) is 6.17 Å². The Bertz CT molecular complexity index is 207. The summed E-state index contributed by atoms with van der Waals surface area (Å²) in [5, 5.41) is 8.47. The van der Waals surface area contributed by atoms with Crippen LogP contribution in [-0.4, -0.2) is 17.2 Å². The summed E-state index contributed by atoms with van der Waals surface area (Å²) in [4.78, 5) is 10.3. The number of carbonyl (C=O) groups is 1. The van der Waals surface area contributed by atoms with Crippen LogP contribution in [0.5, 0.6) is 0 Å². The molecule has 0 aromatic heterocycles. The first-order chi connectivity index (χ1) is 9.16. The zero-order valence-electron chi connectivity index (χ0n) is 12.5. The molecular formula is C16H31FO2. The predicted molar refractivity (Wildman–Crippen MR) is 78.2 cm³/mol. The van der Waals surface area contributed by atoms with Crippen LogP contribution in [-0.2, 0) is 4.79 Å². The van der Waals surface area contributed by atoms with Crippen LogP contribution >= 0.6 is 0 Å². The Hall–Kier alpha value is -0.600. The standard InChI is InChI=1S/C16H31FO2/c1-2-3-4-5-6-7-9-12-15(17)13-10-8-11-14-16(18)19/h15H,2-14H2,1H3,(H,18,19)/t15-/m1/s1. The Balaban J connectivity index is 3.16. The largest absolute Gasteiger partial charge is 0.481 e. The van der Waals surface area contributed by atoms with Gasteiger partial charge in [-0.1, -0.05) is 64.7 Å². The van der Waals surface area contributed by atoms with Gasteiger partial charge in [0.05, 0.1) is 0 Å². The van der Waals surface area contributed by atoms with Crippen LogP contribution in [0.1, 0.15) is 90.4 Å². The lowest BCUT2D eigenvalue weighted by molar-refractivity contribution is -0.137. The molecule has 0 radical (unpaired) electrons. The van der Waals surface area contributed by atoms with Gasteiger partial charge in [0.2, 0.25) is 0 Å². The van der Waals surface area contributed by atoms with E-state index in [1.807, 2.05) is 0 Å². The molecule has 3 heteroatoms. The van der Waals surface area contributed by atoms with Crippen LogP contribution in [0.2, 0.25) is 0 Å². The van der Waals surface area contributed by atoms with Crippen molar-refractivity contribution in [2.24, 2.45) is 0 Å². The van der Waals surface area contributed by atoms with E-state index in [0.29, 0.717) is 19.3 Å². The topological polar surface area (TPSA) is 37.3 Å². The Morgan fingerprint density at radius 2 is 1.37 bits per heavy atom. The summed E-state index contributed by atoms with van der Waals surface area (Å²) in [5.74, 6) is -0.750. The van der Waals surface area contributed by atoms with E-state index in [9.17, 15) is 9.18 Å². The average Bonchev–Trinajstić information content (AvgIpc) is 2.37. The fourth-order valence-electron chi connectivity index (χ4n) is 2.29. The number of alkyl halides is 1. The van der Waals surface area contributed by atoms with Gasteiger partial charge < -0.3 is 5.11 Å². The summed E-state index contributed by atoms with van der Waals surface area (Å²) < 4.78 is 13.5. The van der Waals surface area contributed by atoms with Gasteiger partial charge in [-0.2, -0.15) is 0 Å². The molecule has 0 rings (SSSR count). The first-order valence-electron chi connectivity index (χ1n) is 8.02. The predicted octanol–water partition coefficient (Wildman–Crippen LogP) is 5.50. The molecule has 0 fully saturated rings. The van der Waals surface area contributed by atoms with Crippen molar-refractivity contribution in [2.45, 2.75) is 96.6 Å². The number of hydrogen-bond acceptors (Lipinski definition) is 1. The van der Waals surface area contributed by atoms with Crippen molar-refractivity contribution in [2.75, 3.05) is 0 Å². The number of aliphatic carboxylic acids is 1. The van der Waals surface area contributed by atoms with Gasteiger partial charge in [-0.15, -0.1) is 0 Å². The molecule has 0 saturated carbocycles. The van der Waals surface area contributed by atoms with Gasteiger partial charge in [-0.3, -0.25) is 4.79 Å². The van der Waals surface area contributed by atoms with Crippen LogP contribution in [0.15, 0.2) is 0 Å². The molecule has 19 heavy (non-hydrogen) atoms. The number of carboxylic acid groups (broad SMARTS) is 1. The normalized spacial score (nSPS) is 12.5. The third kappa shape index (κ3) is 15.3. The van der Waals surface area contributed by atoms with Crippen molar-refractivity contribution in [3.8, 4) is 0 Å². The van der Waals surface area contributed by atoms with E-state index in [1.165, 1.54) is 32.1 Å². The zero-order chi connectivity index (χ0) is 14.3. The highest BCUT2D eigenvalue weighted by Gasteiger charge is 2.06. The van der Waals surface area contributed by atoms with E-state index in [-0.39, 0.29) is 6.42 Å². The molecule has 0 unspecified atom stereocenters. The number of hydrogen-bond donors (Lipinski definition) is 1. The summed E-state index contributed by atoms with van der Waals surface area (Å²) in [6, 6.07) is 0. The summed E-state index contributed by atoms with van der Waals surface area (Å²) >= 11 is 0. The lowest BCUT2D eigenvalue weighted by Crippen LogP contribution is -2.00. The maximum absolute atomic E-state index is 13.5. The van der Waals surface area contributed by atoms with Crippen molar-refractivity contribution >= 4 is 5.97 Å².